The Morgan fingerprint density at radius 1 is 1.17 bits per heavy atom. The Labute approximate surface area is 148 Å². The van der Waals surface area contributed by atoms with Gasteiger partial charge in [-0.05, 0) is 42.3 Å². The molecule has 3 rings (SSSR count). The zero-order chi connectivity index (χ0) is 17.3. The number of aromatic hydroxyl groups is 1. The summed E-state index contributed by atoms with van der Waals surface area (Å²) in [6, 6.07) is 11.5. The van der Waals surface area contributed by atoms with Crippen LogP contribution in [0.15, 0.2) is 51.7 Å². The molecule has 1 heterocycles. The van der Waals surface area contributed by atoms with E-state index < -0.39 is 5.63 Å². The third kappa shape index (κ3) is 3.56. The summed E-state index contributed by atoms with van der Waals surface area (Å²) in [6.07, 6.45) is 0. The lowest BCUT2D eigenvalue weighted by Crippen LogP contribution is -2.19. The van der Waals surface area contributed by atoms with Gasteiger partial charge in [0.15, 0.2) is 0 Å². The van der Waals surface area contributed by atoms with Crippen molar-refractivity contribution in [2.75, 3.05) is 0 Å². The fraction of sp³-hybridized carbons (Fsp3) is 0.167. The van der Waals surface area contributed by atoms with Gasteiger partial charge in [0.05, 0.1) is 0 Å². The normalized spacial score (nSPS) is 12.5. The van der Waals surface area contributed by atoms with Crippen LogP contribution >= 0.6 is 23.2 Å². The van der Waals surface area contributed by atoms with Crippen LogP contribution in [0, 0.1) is 0 Å². The average Bonchev–Trinajstić information content (AvgIpc) is 2.51. The Balaban J connectivity index is 1.86. The minimum absolute atomic E-state index is 0.0332. The molecule has 6 heteroatoms. The van der Waals surface area contributed by atoms with E-state index in [1.807, 2.05) is 13.0 Å². The molecule has 0 bridgehead atoms. The van der Waals surface area contributed by atoms with Crippen LogP contribution in [-0.2, 0) is 6.54 Å². The second-order valence-corrected chi connectivity index (χ2v) is 6.38. The van der Waals surface area contributed by atoms with E-state index in [0.717, 1.165) is 16.5 Å². The predicted octanol–water partition coefficient (Wildman–Crippen LogP) is 4.66. The maximum Gasteiger partial charge on any atom is 0.336 e. The van der Waals surface area contributed by atoms with Crippen LogP contribution in [0.5, 0.6) is 5.75 Å². The van der Waals surface area contributed by atoms with Crippen LogP contribution < -0.4 is 10.9 Å². The molecule has 24 heavy (non-hydrogen) atoms. The Hall–Kier alpha value is -2.01. The van der Waals surface area contributed by atoms with Gasteiger partial charge in [0.25, 0.3) is 0 Å². The van der Waals surface area contributed by atoms with Crippen LogP contribution in [0.4, 0.5) is 0 Å². The van der Waals surface area contributed by atoms with E-state index in [0.29, 0.717) is 22.2 Å². The molecule has 124 valence electrons. The summed E-state index contributed by atoms with van der Waals surface area (Å²) in [4.78, 5) is 11.7. The molecule has 1 atom stereocenters. The lowest BCUT2D eigenvalue weighted by atomic mass is 10.1. The largest absolute Gasteiger partial charge is 0.508 e. The van der Waals surface area contributed by atoms with Crippen LogP contribution in [0.2, 0.25) is 10.0 Å². The summed E-state index contributed by atoms with van der Waals surface area (Å²) >= 11 is 12.1. The van der Waals surface area contributed by atoms with Gasteiger partial charge in [-0.1, -0.05) is 29.3 Å². The molecule has 4 nitrogen and oxygen atoms in total. The smallest absolute Gasteiger partial charge is 0.336 e. The number of rotatable bonds is 4. The van der Waals surface area contributed by atoms with Crippen molar-refractivity contribution in [1.82, 2.24) is 5.32 Å². The molecule has 2 N–H and O–H groups in total. The van der Waals surface area contributed by atoms with Gasteiger partial charge in [0, 0.05) is 40.2 Å². The van der Waals surface area contributed by atoms with Crippen molar-refractivity contribution in [3.05, 3.63) is 74.1 Å². The van der Waals surface area contributed by atoms with E-state index in [9.17, 15) is 9.90 Å². The molecule has 1 aromatic heterocycles. The molecule has 0 amide bonds. The molecule has 0 aliphatic rings. The lowest BCUT2D eigenvalue weighted by molar-refractivity contribution is 0.473. The Kier molecular flexibility index (Phi) is 4.81. The molecular weight excluding hydrogens is 349 g/mol. The Bertz CT molecular complexity index is 953. The molecular formula is C18H15Cl2NO3. The van der Waals surface area contributed by atoms with Gasteiger partial charge < -0.3 is 14.8 Å². The minimum Gasteiger partial charge on any atom is -0.508 e. The van der Waals surface area contributed by atoms with E-state index in [-0.39, 0.29) is 11.8 Å². The van der Waals surface area contributed by atoms with E-state index in [1.165, 1.54) is 12.1 Å². The second kappa shape index (κ2) is 6.85. The van der Waals surface area contributed by atoms with Gasteiger partial charge in [0.2, 0.25) is 0 Å². The summed E-state index contributed by atoms with van der Waals surface area (Å²) in [6.45, 7) is 2.43. The number of nitrogens with one attached hydrogen (secondary N) is 1. The third-order valence-electron chi connectivity index (χ3n) is 3.84. The van der Waals surface area contributed by atoms with Crippen molar-refractivity contribution < 1.29 is 9.52 Å². The first-order chi connectivity index (χ1) is 11.4. The number of hydrogen-bond acceptors (Lipinski definition) is 4. The highest BCUT2D eigenvalue weighted by molar-refractivity contribution is 6.35. The van der Waals surface area contributed by atoms with Gasteiger partial charge in [-0.3, -0.25) is 0 Å². The Morgan fingerprint density at radius 3 is 2.71 bits per heavy atom. The highest BCUT2D eigenvalue weighted by Crippen LogP contribution is 2.27. The standard InChI is InChI=1S/C18H15Cl2NO3/c1-10(14-4-2-12(19)7-16(14)20)21-9-11-6-18(23)24-17-8-13(22)3-5-15(11)17/h2-8,10,21-22H,9H2,1H3/t10-/m1/s1. The van der Waals surface area contributed by atoms with Crippen molar-refractivity contribution >= 4 is 34.2 Å². The average molecular weight is 364 g/mol. The second-order valence-electron chi connectivity index (χ2n) is 5.54. The monoisotopic (exact) mass is 363 g/mol. The fourth-order valence-corrected chi connectivity index (χ4v) is 3.16. The van der Waals surface area contributed by atoms with E-state index in [2.05, 4.69) is 5.32 Å². The van der Waals surface area contributed by atoms with Crippen molar-refractivity contribution in [3.8, 4) is 5.75 Å². The molecule has 0 aliphatic carbocycles. The van der Waals surface area contributed by atoms with E-state index in [4.69, 9.17) is 27.6 Å². The van der Waals surface area contributed by atoms with E-state index >= 15 is 0 Å². The predicted molar refractivity (Wildman–Crippen MR) is 95.9 cm³/mol. The summed E-state index contributed by atoms with van der Waals surface area (Å²) in [7, 11) is 0. The van der Waals surface area contributed by atoms with E-state index in [1.54, 1.807) is 24.3 Å². The van der Waals surface area contributed by atoms with Gasteiger partial charge >= 0.3 is 5.63 Å². The molecule has 0 unspecified atom stereocenters. The lowest BCUT2D eigenvalue weighted by Gasteiger charge is -2.16. The first-order valence-corrected chi connectivity index (χ1v) is 8.14. The zero-order valence-corrected chi connectivity index (χ0v) is 14.4. The van der Waals surface area contributed by atoms with Crippen LogP contribution in [-0.4, -0.2) is 5.11 Å². The van der Waals surface area contributed by atoms with Crippen molar-refractivity contribution in [3.63, 3.8) is 0 Å². The van der Waals surface area contributed by atoms with Crippen molar-refractivity contribution in [1.29, 1.82) is 0 Å². The number of phenols is 1. The fourth-order valence-electron chi connectivity index (χ4n) is 2.59. The minimum atomic E-state index is -0.456. The summed E-state index contributed by atoms with van der Waals surface area (Å²) in [5.74, 6) is 0.0528. The van der Waals surface area contributed by atoms with Gasteiger partial charge in [0.1, 0.15) is 11.3 Å². The number of fused-ring (bicyclic) bond motifs is 1. The number of halogens is 2. The summed E-state index contributed by atoms with van der Waals surface area (Å²) < 4.78 is 5.13. The van der Waals surface area contributed by atoms with Gasteiger partial charge in [-0.25, -0.2) is 4.79 Å². The summed E-state index contributed by atoms with van der Waals surface area (Å²) in [5.41, 5.74) is 1.61. The highest BCUT2D eigenvalue weighted by Gasteiger charge is 2.12. The number of phenolic OH excluding ortho intramolecular Hbond substituents is 1. The molecule has 0 radical (unpaired) electrons. The molecule has 3 aromatic rings. The SMILES string of the molecule is C[C@@H](NCc1cc(=O)oc2cc(O)ccc12)c1ccc(Cl)cc1Cl. The maximum atomic E-state index is 11.7. The molecule has 2 aromatic carbocycles. The first kappa shape index (κ1) is 16.8. The third-order valence-corrected chi connectivity index (χ3v) is 4.40. The van der Waals surface area contributed by atoms with Crippen LogP contribution in [0.25, 0.3) is 11.0 Å². The molecule has 0 fully saturated rings. The zero-order valence-electron chi connectivity index (χ0n) is 12.8. The van der Waals surface area contributed by atoms with Crippen LogP contribution in [0.1, 0.15) is 24.1 Å². The van der Waals surface area contributed by atoms with Gasteiger partial charge in [-0.2, -0.15) is 0 Å². The van der Waals surface area contributed by atoms with Crippen LogP contribution in [0.3, 0.4) is 0 Å². The highest BCUT2D eigenvalue weighted by atomic mass is 35.5. The van der Waals surface area contributed by atoms with Gasteiger partial charge in [-0.15, -0.1) is 0 Å². The number of benzene rings is 2. The molecule has 0 saturated heterocycles. The quantitative estimate of drug-likeness (QED) is 0.661. The molecule has 0 spiro atoms. The maximum absolute atomic E-state index is 11.7. The Morgan fingerprint density at radius 2 is 1.96 bits per heavy atom. The van der Waals surface area contributed by atoms with Crippen molar-refractivity contribution in [2.45, 2.75) is 19.5 Å². The molecule has 0 saturated carbocycles. The first-order valence-electron chi connectivity index (χ1n) is 7.38. The molecule has 0 aliphatic heterocycles. The summed E-state index contributed by atoms with van der Waals surface area (Å²) in [5, 5.41) is 14.8. The van der Waals surface area contributed by atoms with Crippen molar-refractivity contribution in [2.24, 2.45) is 0 Å². The number of hydrogen-bond donors (Lipinski definition) is 2. The topological polar surface area (TPSA) is 62.5 Å².